The molecule has 2 rings (SSSR count). The second-order valence-corrected chi connectivity index (χ2v) is 8.71. The number of carbonyl (C=O) groups excluding carboxylic acids is 1. The molecular formula is C15H17ClF3NO4S. The number of hydrogen-bond acceptors (Lipinski definition) is 4. The number of hydrogen-bond donors (Lipinski definition) is 0. The molecule has 1 heterocycles. The number of rotatable bonds is 4. The molecule has 1 fully saturated rings. The predicted molar refractivity (Wildman–Crippen MR) is 85.5 cm³/mol. The molecule has 140 valence electrons. The first-order valence-electron chi connectivity index (χ1n) is 7.51. The van der Waals surface area contributed by atoms with E-state index in [0.29, 0.717) is 0 Å². The summed E-state index contributed by atoms with van der Waals surface area (Å²) in [7, 11) is 0.993. The Hall–Kier alpha value is -1.48. The van der Waals surface area contributed by atoms with Crippen LogP contribution in [0.1, 0.15) is 12.0 Å². The van der Waals surface area contributed by atoms with E-state index in [0.717, 1.165) is 10.5 Å². The maximum absolute atomic E-state index is 13.1. The molecule has 0 radical (unpaired) electrons. The SMILES string of the molecule is O=C(OCc1ccccc1)N1CCC(C(F)(F)F)C(CS(=O)(=O)Cl)C1. The Labute approximate surface area is 148 Å². The van der Waals surface area contributed by atoms with Crippen molar-refractivity contribution in [2.45, 2.75) is 19.2 Å². The molecular weight excluding hydrogens is 383 g/mol. The third-order valence-electron chi connectivity index (χ3n) is 4.03. The lowest BCUT2D eigenvalue weighted by atomic mass is 9.86. The third kappa shape index (κ3) is 6.07. The van der Waals surface area contributed by atoms with E-state index in [1.54, 1.807) is 30.3 Å². The zero-order valence-corrected chi connectivity index (χ0v) is 14.6. The molecule has 0 bridgehead atoms. The number of alkyl halides is 3. The molecule has 1 amide bonds. The number of carbonyl (C=O) groups is 1. The Morgan fingerprint density at radius 2 is 1.92 bits per heavy atom. The molecule has 25 heavy (non-hydrogen) atoms. The number of ether oxygens (including phenoxy) is 1. The number of piperidine rings is 1. The topological polar surface area (TPSA) is 63.7 Å². The normalized spacial score (nSPS) is 21.8. The smallest absolute Gasteiger partial charge is 0.410 e. The van der Waals surface area contributed by atoms with E-state index in [2.05, 4.69) is 0 Å². The van der Waals surface area contributed by atoms with Crippen LogP contribution in [-0.2, 0) is 20.4 Å². The van der Waals surface area contributed by atoms with Crippen molar-refractivity contribution in [3.63, 3.8) is 0 Å². The molecule has 1 saturated heterocycles. The molecule has 10 heteroatoms. The third-order valence-corrected chi connectivity index (χ3v) is 5.24. The van der Waals surface area contributed by atoms with Gasteiger partial charge in [0.2, 0.25) is 9.05 Å². The molecule has 1 aromatic carbocycles. The fourth-order valence-corrected chi connectivity index (χ4v) is 4.20. The van der Waals surface area contributed by atoms with Gasteiger partial charge in [-0.1, -0.05) is 30.3 Å². The van der Waals surface area contributed by atoms with Crippen molar-refractivity contribution in [3.8, 4) is 0 Å². The van der Waals surface area contributed by atoms with Crippen molar-refractivity contribution in [1.29, 1.82) is 0 Å². The number of halogens is 4. The van der Waals surface area contributed by atoms with E-state index in [4.69, 9.17) is 15.4 Å². The Balaban J connectivity index is 2.01. The molecule has 2 atom stereocenters. The fraction of sp³-hybridized carbons (Fsp3) is 0.533. The van der Waals surface area contributed by atoms with Gasteiger partial charge >= 0.3 is 12.3 Å². The van der Waals surface area contributed by atoms with Crippen LogP contribution in [0.15, 0.2) is 30.3 Å². The second kappa shape index (κ2) is 7.82. The summed E-state index contributed by atoms with van der Waals surface area (Å²) in [5, 5.41) is 0. The highest BCUT2D eigenvalue weighted by Crippen LogP contribution is 2.39. The molecule has 5 nitrogen and oxygen atoms in total. The number of benzene rings is 1. The summed E-state index contributed by atoms with van der Waals surface area (Å²) >= 11 is 0. The minimum atomic E-state index is -4.55. The highest BCUT2D eigenvalue weighted by molar-refractivity contribution is 8.13. The van der Waals surface area contributed by atoms with E-state index in [-0.39, 0.29) is 26.1 Å². The molecule has 1 aliphatic rings. The molecule has 0 N–H and O–H groups in total. The van der Waals surface area contributed by atoms with E-state index >= 15 is 0 Å². The number of likely N-dealkylation sites (tertiary alicyclic amines) is 1. The Morgan fingerprint density at radius 1 is 1.28 bits per heavy atom. The van der Waals surface area contributed by atoms with Crippen LogP contribution in [0.4, 0.5) is 18.0 Å². The first-order valence-corrected chi connectivity index (χ1v) is 9.99. The first-order chi connectivity index (χ1) is 11.6. The molecule has 2 unspecified atom stereocenters. The minimum Gasteiger partial charge on any atom is -0.445 e. The van der Waals surface area contributed by atoms with Gasteiger partial charge in [-0.15, -0.1) is 0 Å². The van der Waals surface area contributed by atoms with Crippen molar-refractivity contribution >= 4 is 25.8 Å². The van der Waals surface area contributed by atoms with Crippen LogP contribution in [0, 0.1) is 11.8 Å². The molecule has 0 spiro atoms. The second-order valence-electron chi connectivity index (χ2n) is 5.89. The van der Waals surface area contributed by atoms with Crippen molar-refractivity contribution in [1.82, 2.24) is 4.90 Å². The van der Waals surface area contributed by atoms with Gasteiger partial charge in [0.15, 0.2) is 0 Å². The highest BCUT2D eigenvalue weighted by atomic mass is 35.7. The number of nitrogens with zero attached hydrogens (tertiary/aromatic N) is 1. The van der Waals surface area contributed by atoms with Crippen LogP contribution < -0.4 is 0 Å². The van der Waals surface area contributed by atoms with E-state index < -0.39 is 38.9 Å². The van der Waals surface area contributed by atoms with Crippen molar-refractivity contribution in [2.24, 2.45) is 11.8 Å². The monoisotopic (exact) mass is 399 g/mol. The van der Waals surface area contributed by atoms with E-state index in [9.17, 15) is 26.4 Å². The van der Waals surface area contributed by atoms with E-state index in [1.165, 1.54) is 0 Å². The van der Waals surface area contributed by atoms with Crippen LogP contribution in [-0.4, -0.2) is 44.4 Å². The van der Waals surface area contributed by atoms with Crippen LogP contribution in [0.3, 0.4) is 0 Å². The van der Waals surface area contributed by atoms with Gasteiger partial charge in [0.05, 0.1) is 11.7 Å². The van der Waals surface area contributed by atoms with Gasteiger partial charge in [-0.25, -0.2) is 13.2 Å². The maximum Gasteiger partial charge on any atom is 0.410 e. The van der Waals surface area contributed by atoms with Gasteiger partial charge in [0.25, 0.3) is 0 Å². The average Bonchev–Trinajstić information content (AvgIpc) is 2.51. The zero-order valence-electron chi connectivity index (χ0n) is 13.1. The quantitative estimate of drug-likeness (QED) is 0.728. The number of amides is 1. The summed E-state index contributed by atoms with van der Waals surface area (Å²) in [6.45, 7) is -0.544. The summed E-state index contributed by atoms with van der Waals surface area (Å²) in [5.74, 6) is -3.99. The summed E-state index contributed by atoms with van der Waals surface area (Å²) < 4.78 is 66.8. The van der Waals surface area contributed by atoms with Crippen LogP contribution in [0.5, 0.6) is 0 Å². The maximum atomic E-state index is 13.1. The lowest BCUT2D eigenvalue weighted by Crippen LogP contribution is -2.49. The molecule has 1 aromatic rings. The Kier molecular flexibility index (Phi) is 6.21. The van der Waals surface area contributed by atoms with Gasteiger partial charge in [0.1, 0.15) is 6.61 Å². The van der Waals surface area contributed by atoms with Gasteiger partial charge in [-0.05, 0) is 12.0 Å². The summed E-state index contributed by atoms with van der Waals surface area (Å²) in [5.41, 5.74) is 0.737. The molecule has 0 aliphatic carbocycles. The minimum absolute atomic E-state index is 0.0165. The summed E-state index contributed by atoms with van der Waals surface area (Å²) in [6, 6.07) is 8.81. The summed E-state index contributed by atoms with van der Waals surface area (Å²) in [4.78, 5) is 13.2. The molecule has 1 aliphatic heterocycles. The zero-order chi connectivity index (χ0) is 18.7. The molecule has 0 aromatic heterocycles. The van der Waals surface area contributed by atoms with Crippen LogP contribution >= 0.6 is 10.7 Å². The van der Waals surface area contributed by atoms with Crippen molar-refractivity contribution in [3.05, 3.63) is 35.9 Å². The van der Waals surface area contributed by atoms with Crippen molar-refractivity contribution in [2.75, 3.05) is 18.8 Å². The van der Waals surface area contributed by atoms with E-state index in [1.807, 2.05) is 0 Å². The van der Waals surface area contributed by atoms with Crippen molar-refractivity contribution < 1.29 is 31.1 Å². The molecule has 0 saturated carbocycles. The average molecular weight is 400 g/mol. The Bertz CT molecular complexity index is 696. The lowest BCUT2D eigenvalue weighted by molar-refractivity contribution is -0.196. The van der Waals surface area contributed by atoms with Crippen LogP contribution in [0.2, 0.25) is 0 Å². The largest absolute Gasteiger partial charge is 0.445 e. The van der Waals surface area contributed by atoms with Gasteiger partial charge < -0.3 is 9.64 Å². The predicted octanol–water partition coefficient (Wildman–Crippen LogP) is 3.39. The van der Waals surface area contributed by atoms with Gasteiger partial charge in [0, 0.05) is 29.7 Å². The Morgan fingerprint density at radius 3 is 2.48 bits per heavy atom. The highest BCUT2D eigenvalue weighted by Gasteiger charge is 2.48. The van der Waals surface area contributed by atoms with Crippen LogP contribution in [0.25, 0.3) is 0 Å². The standard InChI is InChI=1S/C15H17ClF3NO4S/c16-25(22,23)10-12-8-20(7-6-13(12)15(17,18)19)14(21)24-9-11-4-2-1-3-5-11/h1-5,12-13H,6-10H2. The van der Waals surface area contributed by atoms with Gasteiger partial charge in [-0.3, -0.25) is 0 Å². The lowest BCUT2D eigenvalue weighted by Gasteiger charge is -2.38. The van der Waals surface area contributed by atoms with Gasteiger partial charge in [-0.2, -0.15) is 13.2 Å². The fourth-order valence-electron chi connectivity index (χ4n) is 2.86. The summed E-state index contributed by atoms with van der Waals surface area (Å²) in [6.07, 6.45) is -5.71. The first kappa shape index (κ1) is 19.8.